The Labute approximate surface area is 265 Å². The average molecular weight is 739 g/mol. The summed E-state index contributed by atoms with van der Waals surface area (Å²) in [6.07, 6.45) is 6.89. The first-order valence-corrected chi connectivity index (χ1v) is 14.6. The van der Waals surface area contributed by atoms with Gasteiger partial charge in [-0.15, -0.1) is 0 Å². The number of hydrogen-bond acceptors (Lipinski definition) is 3. The molecule has 0 saturated heterocycles. The maximum Gasteiger partial charge on any atom is 0.0774 e. The average Bonchev–Trinajstić information content (AvgIpc) is 3.62. The molecule has 0 N–H and O–H groups in total. The Hall–Kier alpha value is -4.31. The van der Waals surface area contributed by atoms with E-state index in [4.69, 9.17) is 9.40 Å². The molecule has 0 aliphatic rings. The molecule has 43 heavy (non-hydrogen) atoms. The van der Waals surface area contributed by atoms with Gasteiger partial charge in [-0.1, -0.05) is 99.3 Å². The largest absolute Gasteiger partial charge is 0.557 e. The minimum absolute atomic E-state index is 0. The monoisotopic (exact) mass is 739 g/mol. The van der Waals surface area contributed by atoms with Crippen LogP contribution < -0.4 is 0 Å². The molecule has 5 heteroatoms. The SMILES string of the molecule is CC(C)c1cc(-c2ccccc2)cc(C(C)C)c1-n1c(-c2[c-]oc3ccc(-c4ccncc4)cc23)nc2ccccc21.[Ir]. The Morgan fingerprint density at radius 3 is 2.02 bits per heavy atom. The summed E-state index contributed by atoms with van der Waals surface area (Å²) in [5, 5.41) is 0.985. The topological polar surface area (TPSA) is 43.9 Å². The fourth-order valence-electron chi connectivity index (χ4n) is 5.90. The zero-order chi connectivity index (χ0) is 28.8. The van der Waals surface area contributed by atoms with Crippen LogP contribution in [0.25, 0.3) is 61.3 Å². The number of nitrogens with zero attached hydrogens (tertiary/aromatic N) is 3. The van der Waals surface area contributed by atoms with E-state index >= 15 is 0 Å². The van der Waals surface area contributed by atoms with E-state index in [0.717, 1.165) is 44.5 Å². The van der Waals surface area contributed by atoms with Crippen LogP contribution in [0.1, 0.15) is 50.7 Å². The molecule has 0 amide bonds. The Kier molecular flexibility index (Phi) is 7.87. The van der Waals surface area contributed by atoms with Crippen LogP contribution in [0.3, 0.4) is 0 Å². The van der Waals surface area contributed by atoms with Gasteiger partial charge in [0.1, 0.15) is 0 Å². The van der Waals surface area contributed by atoms with Gasteiger partial charge in [-0.05, 0) is 81.6 Å². The van der Waals surface area contributed by atoms with Crippen LogP contribution in [0.4, 0.5) is 0 Å². The molecule has 3 heterocycles. The van der Waals surface area contributed by atoms with Crippen LogP contribution in [0.15, 0.2) is 114 Å². The maximum atomic E-state index is 6.02. The first-order valence-electron chi connectivity index (χ1n) is 14.6. The van der Waals surface area contributed by atoms with E-state index in [1.807, 2.05) is 36.7 Å². The Bertz CT molecular complexity index is 2010. The third-order valence-corrected chi connectivity index (χ3v) is 8.05. The van der Waals surface area contributed by atoms with Crippen molar-refractivity contribution in [1.82, 2.24) is 14.5 Å². The van der Waals surface area contributed by atoms with Crippen LogP contribution in [0.2, 0.25) is 0 Å². The molecule has 4 aromatic carbocycles. The minimum atomic E-state index is 0. The van der Waals surface area contributed by atoms with Crippen LogP contribution in [-0.4, -0.2) is 14.5 Å². The van der Waals surface area contributed by atoms with Gasteiger partial charge in [0, 0.05) is 50.0 Å². The molecule has 0 unspecified atom stereocenters. The molecule has 0 aliphatic carbocycles. The number of aromatic nitrogens is 3. The molecule has 0 spiro atoms. The normalized spacial score (nSPS) is 11.5. The first kappa shape index (κ1) is 28.8. The summed E-state index contributed by atoms with van der Waals surface area (Å²) >= 11 is 0. The van der Waals surface area contributed by atoms with Gasteiger partial charge in [0.25, 0.3) is 0 Å². The van der Waals surface area contributed by atoms with Crippen molar-refractivity contribution in [1.29, 1.82) is 0 Å². The molecule has 0 bridgehead atoms. The molecule has 0 aliphatic heterocycles. The van der Waals surface area contributed by atoms with Crippen LogP contribution in [-0.2, 0) is 20.1 Å². The number of hydrogen-bond donors (Lipinski definition) is 0. The van der Waals surface area contributed by atoms with Gasteiger partial charge in [0.2, 0.25) is 0 Å². The smallest absolute Gasteiger partial charge is 0.0774 e. The summed E-state index contributed by atoms with van der Waals surface area (Å²) in [6, 6.07) is 34.1. The summed E-state index contributed by atoms with van der Waals surface area (Å²) in [6.45, 7) is 9.10. The number of furan rings is 1. The first-order chi connectivity index (χ1) is 20.5. The van der Waals surface area contributed by atoms with Crippen molar-refractivity contribution < 1.29 is 24.5 Å². The Morgan fingerprint density at radius 1 is 0.674 bits per heavy atom. The summed E-state index contributed by atoms with van der Waals surface area (Å²) < 4.78 is 8.36. The second-order valence-corrected chi connectivity index (χ2v) is 11.5. The van der Waals surface area contributed by atoms with Gasteiger partial charge in [-0.25, -0.2) is 0 Å². The van der Waals surface area contributed by atoms with Crippen LogP contribution >= 0.6 is 0 Å². The van der Waals surface area contributed by atoms with E-state index < -0.39 is 0 Å². The Balaban J connectivity index is 0.00000329. The number of benzene rings is 4. The maximum absolute atomic E-state index is 6.02. The van der Waals surface area contributed by atoms with Gasteiger partial charge in [0.05, 0.1) is 16.9 Å². The van der Waals surface area contributed by atoms with E-state index in [1.165, 1.54) is 27.9 Å². The van der Waals surface area contributed by atoms with E-state index in [1.54, 1.807) is 0 Å². The molecule has 0 fully saturated rings. The standard InChI is InChI=1S/C38H32N3O.Ir/c1-24(2)30-21-29(26-10-6-5-7-11-26)22-31(25(3)4)37(30)41-35-13-9-8-12-34(35)40-38(41)33-23-42-36-15-14-28(20-32(33)36)27-16-18-39-19-17-27;/h5-22,24-25H,1-4H3;/q-1;. The molecule has 4 nitrogen and oxygen atoms in total. The number of rotatable bonds is 6. The van der Waals surface area contributed by atoms with Crippen molar-refractivity contribution in [3.63, 3.8) is 0 Å². The molecule has 1 radical (unpaired) electrons. The van der Waals surface area contributed by atoms with Crippen molar-refractivity contribution in [3.05, 3.63) is 127 Å². The molecule has 7 rings (SSSR count). The molecular formula is C38H32IrN3O-. The molecule has 215 valence electrons. The predicted octanol–water partition coefficient (Wildman–Crippen LogP) is 10.2. The summed E-state index contributed by atoms with van der Waals surface area (Å²) in [5.74, 6) is 1.41. The van der Waals surface area contributed by atoms with Gasteiger partial charge < -0.3 is 8.98 Å². The fraction of sp³-hybridized carbons (Fsp3) is 0.158. The number of para-hydroxylation sites is 2. The van der Waals surface area contributed by atoms with Crippen molar-refractivity contribution in [2.75, 3.05) is 0 Å². The second-order valence-electron chi connectivity index (χ2n) is 11.5. The summed E-state index contributed by atoms with van der Waals surface area (Å²) in [5.41, 5.74) is 12.1. The van der Waals surface area contributed by atoms with Gasteiger partial charge in [-0.3, -0.25) is 9.97 Å². The minimum Gasteiger partial charge on any atom is -0.557 e. The third-order valence-electron chi connectivity index (χ3n) is 8.05. The van der Waals surface area contributed by atoms with Crippen molar-refractivity contribution >= 4 is 22.0 Å². The molecule has 0 atom stereocenters. The molecule has 7 aromatic rings. The Morgan fingerprint density at radius 2 is 1.33 bits per heavy atom. The van der Waals surface area contributed by atoms with Crippen LogP contribution in [0.5, 0.6) is 0 Å². The van der Waals surface area contributed by atoms with E-state index in [9.17, 15) is 0 Å². The number of imidazole rings is 1. The molecule has 3 aromatic heterocycles. The van der Waals surface area contributed by atoms with E-state index in [-0.39, 0.29) is 20.1 Å². The van der Waals surface area contributed by atoms with E-state index in [0.29, 0.717) is 11.8 Å². The summed E-state index contributed by atoms with van der Waals surface area (Å²) in [4.78, 5) is 9.42. The van der Waals surface area contributed by atoms with Crippen LogP contribution in [0, 0.1) is 6.26 Å². The number of fused-ring (bicyclic) bond motifs is 2. The molecular weight excluding hydrogens is 707 g/mol. The second kappa shape index (κ2) is 11.8. The zero-order valence-corrected chi connectivity index (χ0v) is 27.0. The van der Waals surface area contributed by atoms with Gasteiger partial charge >= 0.3 is 0 Å². The van der Waals surface area contributed by atoms with Crippen molar-refractivity contribution in [2.24, 2.45) is 0 Å². The molecule has 0 saturated carbocycles. The fourth-order valence-corrected chi connectivity index (χ4v) is 5.90. The number of pyridine rings is 1. The quantitative estimate of drug-likeness (QED) is 0.160. The van der Waals surface area contributed by atoms with Gasteiger partial charge in [-0.2, -0.15) is 0 Å². The third kappa shape index (κ3) is 5.13. The van der Waals surface area contributed by atoms with Crippen molar-refractivity contribution in [2.45, 2.75) is 39.5 Å². The predicted molar refractivity (Wildman–Crippen MR) is 172 cm³/mol. The van der Waals surface area contributed by atoms with Gasteiger partial charge in [0.15, 0.2) is 0 Å². The summed E-state index contributed by atoms with van der Waals surface area (Å²) in [7, 11) is 0. The zero-order valence-electron chi connectivity index (χ0n) is 24.6. The van der Waals surface area contributed by atoms with Crippen molar-refractivity contribution in [3.8, 4) is 39.3 Å². The van der Waals surface area contributed by atoms with E-state index in [2.05, 4.69) is 116 Å².